The third-order valence-electron chi connectivity index (χ3n) is 4.92. The van der Waals surface area contributed by atoms with Gasteiger partial charge in [-0.15, -0.1) is 0 Å². The van der Waals surface area contributed by atoms with Crippen molar-refractivity contribution in [3.05, 3.63) is 58.4 Å². The second-order valence-electron chi connectivity index (χ2n) is 6.52. The zero-order valence-electron chi connectivity index (χ0n) is 13.3. The van der Waals surface area contributed by atoms with Crippen LogP contribution in [0.3, 0.4) is 0 Å². The fourth-order valence-electron chi connectivity index (χ4n) is 3.74. The second kappa shape index (κ2) is 5.18. The first-order chi connectivity index (χ1) is 12.5. The van der Waals surface area contributed by atoms with Gasteiger partial charge in [0, 0.05) is 29.2 Å². The highest BCUT2D eigenvalue weighted by atomic mass is 19.3. The van der Waals surface area contributed by atoms with E-state index in [4.69, 9.17) is 10.00 Å². The predicted octanol–water partition coefficient (Wildman–Crippen LogP) is 3.86. The number of ether oxygens (including phenoxy) is 1. The van der Waals surface area contributed by atoms with Crippen LogP contribution in [0.1, 0.15) is 34.8 Å². The molecule has 2 N–H and O–H groups in total. The van der Waals surface area contributed by atoms with Gasteiger partial charge in [-0.25, -0.2) is 4.39 Å². The zero-order chi connectivity index (χ0) is 19.8. The molecule has 0 saturated carbocycles. The van der Waals surface area contributed by atoms with Crippen molar-refractivity contribution < 1.29 is 36.9 Å². The van der Waals surface area contributed by atoms with Gasteiger partial charge in [-0.05, 0) is 24.3 Å². The molecule has 27 heavy (non-hydrogen) atoms. The van der Waals surface area contributed by atoms with E-state index < -0.39 is 52.5 Å². The third kappa shape index (κ3) is 2.08. The minimum absolute atomic E-state index is 0.0855. The molecule has 2 aliphatic rings. The van der Waals surface area contributed by atoms with Gasteiger partial charge in [-0.2, -0.15) is 22.8 Å². The average Bonchev–Trinajstić information content (AvgIpc) is 2.92. The summed E-state index contributed by atoms with van der Waals surface area (Å²) >= 11 is 0. The fraction of sp³-hybridized carbons (Fsp3) is 0.278. The molecule has 9 heteroatoms. The van der Waals surface area contributed by atoms with Crippen LogP contribution in [0.5, 0.6) is 11.5 Å². The van der Waals surface area contributed by atoms with Crippen molar-refractivity contribution in [1.82, 2.24) is 0 Å². The van der Waals surface area contributed by atoms with Crippen molar-refractivity contribution in [2.45, 2.75) is 30.0 Å². The molecule has 0 bridgehead atoms. The second-order valence-corrected chi connectivity index (χ2v) is 6.52. The lowest BCUT2D eigenvalue weighted by atomic mass is 9.94. The lowest BCUT2D eigenvalue weighted by molar-refractivity contribution is -0.289. The average molecular weight is 383 g/mol. The minimum atomic E-state index is -4.82. The number of benzene rings is 2. The number of aliphatic hydroxyl groups excluding tert-OH is 1. The van der Waals surface area contributed by atoms with Crippen LogP contribution >= 0.6 is 0 Å². The summed E-state index contributed by atoms with van der Waals surface area (Å²) in [6.45, 7) is 0. The highest BCUT2D eigenvalue weighted by Crippen LogP contribution is 2.68. The third-order valence-corrected chi connectivity index (χ3v) is 4.92. The van der Waals surface area contributed by atoms with E-state index >= 15 is 0 Å². The molecule has 0 amide bonds. The highest BCUT2D eigenvalue weighted by Gasteiger charge is 2.78. The van der Waals surface area contributed by atoms with Crippen molar-refractivity contribution in [3.8, 4) is 17.6 Å². The van der Waals surface area contributed by atoms with Crippen LogP contribution < -0.4 is 4.74 Å². The number of nitriles is 1. The molecule has 0 fully saturated rings. The van der Waals surface area contributed by atoms with Crippen LogP contribution in [0.4, 0.5) is 22.0 Å². The lowest BCUT2D eigenvalue weighted by Crippen LogP contribution is -2.48. The van der Waals surface area contributed by atoms with Gasteiger partial charge in [-0.3, -0.25) is 0 Å². The number of alkyl halides is 4. The van der Waals surface area contributed by atoms with Crippen molar-refractivity contribution in [2.24, 2.45) is 0 Å². The van der Waals surface area contributed by atoms with E-state index in [1.807, 2.05) is 0 Å². The molecule has 0 spiro atoms. The molecule has 2 aromatic rings. The van der Waals surface area contributed by atoms with Gasteiger partial charge in [-0.1, -0.05) is 0 Å². The number of hydrogen-bond acceptors (Lipinski definition) is 4. The topological polar surface area (TPSA) is 73.5 Å². The molecule has 2 aromatic carbocycles. The molecule has 0 aliphatic heterocycles. The van der Waals surface area contributed by atoms with E-state index in [2.05, 4.69) is 0 Å². The van der Waals surface area contributed by atoms with Crippen LogP contribution in [0.15, 0.2) is 30.3 Å². The van der Waals surface area contributed by atoms with Crippen LogP contribution in [0.25, 0.3) is 0 Å². The predicted molar refractivity (Wildman–Crippen MR) is 79.9 cm³/mol. The standard InChI is InChI=1S/C18H10F5NO3/c19-9-3-8(7-24)4-10(5-9)27-13-2-1-11-15-14(13)12(25)6-16(15,26)18(22,23)17(11,20)21/h1-5,12,25-26H,6H2/t12-,16-/m1/s1. The number of halogens is 5. The van der Waals surface area contributed by atoms with Gasteiger partial charge in [0.05, 0.1) is 17.7 Å². The minimum Gasteiger partial charge on any atom is -0.457 e. The zero-order valence-corrected chi connectivity index (χ0v) is 13.3. The SMILES string of the molecule is N#Cc1cc(F)cc(Oc2ccc3c4c2[C@H](O)C[C@]4(O)C(F)(F)C3(F)F)c1. The van der Waals surface area contributed by atoms with Crippen molar-refractivity contribution in [3.63, 3.8) is 0 Å². The van der Waals surface area contributed by atoms with Gasteiger partial charge in [0.25, 0.3) is 0 Å². The summed E-state index contributed by atoms with van der Waals surface area (Å²) in [7, 11) is 0. The molecule has 0 unspecified atom stereocenters. The number of hydrogen-bond donors (Lipinski definition) is 2. The number of rotatable bonds is 2. The Labute approximate surface area is 149 Å². The maximum atomic E-state index is 14.2. The van der Waals surface area contributed by atoms with Crippen LogP contribution in [-0.2, 0) is 11.5 Å². The van der Waals surface area contributed by atoms with Gasteiger partial charge in [0.1, 0.15) is 17.3 Å². The molecule has 4 rings (SSSR count). The Morgan fingerprint density at radius 3 is 2.52 bits per heavy atom. The summed E-state index contributed by atoms with van der Waals surface area (Å²) in [4.78, 5) is 0. The Balaban J connectivity index is 1.89. The van der Waals surface area contributed by atoms with Gasteiger partial charge in [0.2, 0.25) is 0 Å². The summed E-state index contributed by atoms with van der Waals surface area (Å²) in [5, 5.41) is 29.3. The molecular weight excluding hydrogens is 373 g/mol. The van der Waals surface area contributed by atoms with E-state index in [0.717, 1.165) is 24.3 Å². The van der Waals surface area contributed by atoms with Crippen molar-refractivity contribution in [2.75, 3.05) is 0 Å². The summed E-state index contributed by atoms with van der Waals surface area (Å²) in [6.07, 6.45) is -2.73. The Hall–Kier alpha value is -2.70. The molecule has 140 valence electrons. The first kappa shape index (κ1) is 17.7. The summed E-state index contributed by atoms with van der Waals surface area (Å²) in [5.41, 5.74) is -5.61. The molecule has 2 atom stereocenters. The maximum absolute atomic E-state index is 14.2. The van der Waals surface area contributed by atoms with E-state index in [-0.39, 0.29) is 17.1 Å². The Morgan fingerprint density at radius 2 is 1.85 bits per heavy atom. The summed E-state index contributed by atoms with van der Waals surface area (Å²) < 4.78 is 75.7. The highest BCUT2D eigenvalue weighted by molar-refractivity contribution is 5.60. The van der Waals surface area contributed by atoms with E-state index in [0.29, 0.717) is 6.07 Å². The van der Waals surface area contributed by atoms with Crippen molar-refractivity contribution >= 4 is 0 Å². The Bertz CT molecular complexity index is 1020. The molecule has 0 heterocycles. The molecule has 0 aromatic heterocycles. The molecule has 0 saturated heterocycles. The lowest BCUT2D eigenvalue weighted by Gasteiger charge is -2.30. The van der Waals surface area contributed by atoms with Crippen LogP contribution in [0.2, 0.25) is 0 Å². The van der Waals surface area contributed by atoms with Crippen LogP contribution in [0, 0.1) is 17.1 Å². The Kier molecular flexibility index (Phi) is 3.40. The molecular formula is C18H10F5NO3. The molecule has 0 radical (unpaired) electrons. The fourth-order valence-corrected chi connectivity index (χ4v) is 3.74. The normalized spacial score (nSPS) is 26.5. The maximum Gasteiger partial charge on any atom is 0.346 e. The first-order valence-electron chi connectivity index (χ1n) is 7.75. The smallest absolute Gasteiger partial charge is 0.346 e. The largest absolute Gasteiger partial charge is 0.457 e. The van der Waals surface area contributed by atoms with Gasteiger partial charge >= 0.3 is 11.8 Å². The van der Waals surface area contributed by atoms with E-state index in [1.165, 1.54) is 0 Å². The molecule has 4 nitrogen and oxygen atoms in total. The first-order valence-corrected chi connectivity index (χ1v) is 7.75. The Morgan fingerprint density at radius 1 is 1.15 bits per heavy atom. The van der Waals surface area contributed by atoms with Gasteiger partial charge < -0.3 is 14.9 Å². The monoisotopic (exact) mass is 383 g/mol. The van der Waals surface area contributed by atoms with E-state index in [1.54, 1.807) is 6.07 Å². The van der Waals surface area contributed by atoms with E-state index in [9.17, 15) is 32.2 Å². The summed E-state index contributed by atoms with van der Waals surface area (Å²) in [5.74, 6) is -10.7. The summed E-state index contributed by atoms with van der Waals surface area (Å²) in [6, 6.07) is 6.31. The number of aliphatic hydroxyl groups is 2. The van der Waals surface area contributed by atoms with Crippen LogP contribution in [-0.4, -0.2) is 16.1 Å². The quantitative estimate of drug-likeness (QED) is 0.773. The van der Waals surface area contributed by atoms with Crippen molar-refractivity contribution in [1.29, 1.82) is 5.26 Å². The van der Waals surface area contributed by atoms with Gasteiger partial charge in [0.15, 0.2) is 5.60 Å². The molecule has 2 aliphatic carbocycles. The number of nitrogens with zero attached hydrogens (tertiary/aromatic N) is 1.